The largest absolute Gasteiger partial charge is 0.504 e. The van der Waals surface area contributed by atoms with E-state index in [1.807, 2.05) is 30.2 Å². The fourth-order valence-electron chi connectivity index (χ4n) is 3.93. The van der Waals surface area contributed by atoms with E-state index in [4.69, 9.17) is 5.73 Å². The smallest absolute Gasteiger partial charge is 0.191 e. The molecule has 1 aliphatic carbocycles. The lowest BCUT2D eigenvalue weighted by molar-refractivity contribution is 0.237. The first kappa shape index (κ1) is 17.4. The Balaban J connectivity index is 2.34. The summed E-state index contributed by atoms with van der Waals surface area (Å²) in [5.41, 5.74) is 5.79. The second kappa shape index (κ2) is 6.11. The topological polar surface area (TPSA) is 141 Å². The number of nitrogens with two attached hydrogens (primary N) is 1. The highest BCUT2D eigenvalue weighted by atomic mass is 16.3. The van der Waals surface area contributed by atoms with Gasteiger partial charge in [0.1, 0.15) is 6.07 Å². The van der Waals surface area contributed by atoms with Gasteiger partial charge in [-0.2, -0.15) is 15.8 Å². The van der Waals surface area contributed by atoms with Gasteiger partial charge in [0.05, 0.1) is 23.4 Å². The first-order valence-electron chi connectivity index (χ1n) is 8.03. The number of benzene rings is 1. The van der Waals surface area contributed by atoms with Crippen molar-refractivity contribution in [3.05, 3.63) is 46.7 Å². The van der Waals surface area contributed by atoms with Gasteiger partial charge in [0, 0.05) is 24.9 Å². The molecule has 3 rings (SSSR count). The summed E-state index contributed by atoms with van der Waals surface area (Å²) in [4.78, 5) is 2.03. The Hall–Kier alpha value is -3.47. The van der Waals surface area contributed by atoms with E-state index in [0.29, 0.717) is 18.7 Å². The van der Waals surface area contributed by atoms with Gasteiger partial charge in [-0.1, -0.05) is 12.1 Å². The van der Waals surface area contributed by atoms with E-state index < -0.39 is 11.3 Å². The third-order valence-corrected chi connectivity index (χ3v) is 5.21. The fourth-order valence-corrected chi connectivity index (χ4v) is 3.93. The molecule has 0 bridgehead atoms. The molecule has 0 amide bonds. The van der Waals surface area contributed by atoms with Crippen LogP contribution in [-0.4, -0.2) is 35.3 Å². The van der Waals surface area contributed by atoms with Gasteiger partial charge in [-0.05, 0) is 30.3 Å². The Morgan fingerprint density at radius 1 is 1.19 bits per heavy atom. The standard InChI is InChI=1S/C19H17N5O2/c1-24-5-4-12-13(7-20)18(23)19(9-21,10-22)17(14(12)8-24)11-2-3-15(25)16(26)6-11/h2-4,6,14,17,25-26H,5,8,23H2,1H3. The summed E-state index contributed by atoms with van der Waals surface area (Å²) in [5.74, 6) is -1.63. The number of aromatic hydroxyl groups is 2. The lowest BCUT2D eigenvalue weighted by atomic mass is 9.58. The van der Waals surface area contributed by atoms with E-state index in [-0.39, 0.29) is 28.7 Å². The van der Waals surface area contributed by atoms with E-state index >= 15 is 0 Å². The van der Waals surface area contributed by atoms with Gasteiger partial charge in [0.15, 0.2) is 16.9 Å². The molecule has 2 atom stereocenters. The predicted octanol–water partition coefficient (Wildman–Crippen LogP) is 1.45. The maximum Gasteiger partial charge on any atom is 0.191 e. The van der Waals surface area contributed by atoms with E-state index in [2.05, 4.69) is 6.07 Å². The molecule has 0 radical (unpaired) electrons. The molecule has 0 fully saturated rings. The van der Waals surface area contributed by atoms with Crippen molar-refractivity contribution in [1.29, 1.82) is 15.8 Å². The molecule has 2 unspecified atom stereocenters. The normalized spacial score (nSPS) is 24.6. The lowest BCUT2D eigenvalue weighted by Crippen LogP contribution is -2.47. The second-order valence-electron chi connectivity index (χ2n) is 6.65. The molecule has 26 heavy (non-hydrogen) atoms. The zero-order valence-electron chi connectivity index (χ0n) is 14.1. The van der Waals surface area contributed by atoms with Gasteiger partial charge in [-0.15, -0.1) is 0 Å². The van der Waals surface area contributed by atoms with Crippen LogP contribution in [0.15, 0.2) is 41.1 Å². The van der Waals surface area contributed by atoms with Crippen molar-refractivity contribution in [3.63, 3.8) is 0 Å². The van der Waals surface area contributed by atoms with Crippen molar-refractivity contribution in [1.82, 2.24) is 4.90 Å². The number of phenols is 2. The van der Waals surface area contributed by atoms with Crippen LogP contribution in [0.2, 0.25) is 0 Å². The summed E-state index contributed by atoms with van der Waals surface area (Å²) in [6, 6.07) is 10.3. The highest BCUT2D eigenvalue weighted by Gasteiger charge is 2.54. The Labute approximate surface area is 151 Å². The van der Waals surface area contributed by atoms with Crippen LogP contribution < -0.4 is 5.73 Å². The first-order chi connectivity index (χ1) is 12.4. The highest BCUT2D eigenvalue weighted by molar-refractivity contribution is 5.60. The summed E-state index contributed by atoms with van der Waals surface area (Å²) in [6.07, 6.45) is 1.89. The van der Waals surface area contributed by atoms with Crippen molar-refractivity contribution in [3.8, 4) is 29.7 Å². The van der Waals surface area contributed by atoms with Crippen LogP contribution in [0.5, 0.6) is 11.5 Å². The molecular weight excluding hydrogens is 330 g/mol. The summed E-state index contributed by atoms with van der Waals surface area (Å²) in [5, 5.41) is 48.9. The third-order valence-electron chi connectivity index (χ3n) is 5.21. The molecule has 0 saturated heterocycles. The molecule has 4 N–H and O–H groups in total. The van der Waals surface area contributed by atoms with Crippen LogP contribution in [0.4, 0.5) is 0 Å². The number of nitriles is 3. The molecule has 2 aliphatic rings. The maximum absolute atomic E-state index is 9.92. The van der Waals surface area contributed by atoms with Gasteiger partial charge in [-0.25, -0.2) is 0 Å². The quantitative estimate of drug-likeness (QED) is 0.653. The molecule has 1 aromatic carbocycles. The van der Waals surface area contributed by atoms with Gasteiger partial charge in [-0.3, -0.25) is 0 Å². The van der Waals surface area contributed by atoms with Gasteiger partial charge >= 0.3 is 0 Å². The van der Waals surface area contributed by atoms with E-state index in [0.717, 1.165) is 5.57 Å². The number of phenolic OH excluding ortho intramolecular Hbond substituents is 2. The average molecular weight is 347 g/mol. The van der Waals surface area contributed by atoms with Crippen molar-refractivity contribution in [2.24, 2.45) is 17.1 Å². The monoisotopic (exact) mass is 347 g/mol. The van der Waals surface area contributed by atoms with E-state index in [9.17, 15) is 26.0 Å². The number of allylic oxidation sites excluding steroid dienone is 2. The molecule has 1 heterocycles. The van der Waals surface area contributed by atoms with Crippen LogP contribution in [-0.2, 0) is 0 Å². The van der Waals surface area contributed by atoms with Crippen LogP contribution >= 0.6 is 0 Å². The minimum absolute atomic E-state index is 0.0605. The van der Waals surface area contributed by atoms with Gasteiger partial charge < -0.3 is 20.8 Å². The molecule has 7 nitrogen and oxygen atoms in total. The van der Waals surface area contributed by atoms with Crippen molar-refractivity contribution in [2.75, 3.05) is 20.1 Å². The fraction of sp³-hybridized carbons (Fsp3) is 0.316. The SMILES string of the molecule is CN1CC=C2C(C#N)=C(N)C(C#N)(C#N)C(c3ccc(O)c(O)c3)C2C1. The minimum atomic E-state index is -1.74. The molecule has 0 saturated carbocycles. The third kappa shape index (κ3) is 2.29. The molecule has 130 valence electrons. The number of rotatable bonds is 1. The lowest BCUT2D eigenvalue weighted by Gasteiger charge is -2.45. The first-order valence-corrected chi connectivity index (χ1v) is 8.03. The second-order valence-corrected chi connectivity index (χ2v) is 6.65. The molecule has 1 aromatic rings. The Bertz CT molecular complexity index is 944. The number of hydrogen-bond acceptors (Lipinski definition) is 7. The minimum Gasteiger partial charge on any atom is -0.504 e. The summed E-state index contributed by atoms with van der Waals surface area (Å²) in [6.45, 7) is 1.16. The molecule has 1 aliphatic heterocycles. The van der Waals surface area contributed by atoms with Gasteiger partial charge in [0.2, 0.25) is 0 Å². The summed E-state index contributed by atoms with van der Waals surface area (Å²) in [7, 11) is 1.91. The zero-order valence-corrected chi connectivity index (χ0v) is 14.1. The Kier molecular flexibility index (Phi) is 4.08. The number of likely N-dealkylation sites (N-methyl/N-ethyl adjacent to an activating group) is 1. The maximum atomic E-state index is 9.92. The summed E-state index contributed by atoms with van der Waals surface area (Å²) >= 11 is 0. The molecule has 0 aromatic heterocycles. The van der Waals surface area contributed by atoms with E-state index in [1.165, 1.54) is 12.1 Å². The molecule has 7 heteroatoms. The van der Waals surface area contributed by atoms with Crippen molar-refractivity contribution in [2.45, 2.75) is 5.92 Å². The van der Waals surface area contributed by atoms with Crippen LogP contribution in [0, 0.1) is 45.3 Å². The molecular formula is C19H17N5O2. The van der Waals surface area contributed by atoms with Crippen LogP contribution in [0.25, 0.3) is 0 Å². The molecule has 0 spiro atoms. The van der Waals surface area contributed by atoms with Crippen LogP contribution in [0.1, 0.15) is 11.5 Å². The number of fused-ring (bicyclic) bond motifs is 1. The predicted molar refractivity (Wildman–Crippen MR) is 92.1 cm³/mol. The van der Waals surface area contributed by atoms with Gasteiger partial charge in [0.25, 0.3) is 0 Å². The Morgan fingerprint density at radius 2 is 1.88 bits per heavy atom. The number of nitrogens with zero attached hydrogens (tertiary/aromatic N) is 4. The van der Waals surface area contributed by atoms with Crippen LogP contribution in [0.3, 0.4) is 0 Å². The van der Waals surface area contributed by atoms with E-state index in [1.54, 1.807) is 6.07 Å². The number of hydrogen-bond donors (Lipinski definition) is 3. The zero-order chi connectivity index (χ0) is 19.1. The average Bonchev–Trinajstić information content (AvgIpc) is 2.63. The highest BCUT2D eigenvalue weighted by Crippen LogP contribution is 2.54. The summed E-state index contributed by atoms with van der Waals surface area (Å²) < 4.78 is 0. The Morgan fingerprint density at radius 3 is 2.46 bits per heavy atom. The van der Waals surface area contributed by atoms with Crippen molar-refractivity contribution >= 4 is 0 Å². The van der Waals surface area contributed by atoms with Crippen molar-refractivity contribution < 1.29 is 10.2 Å².